The highest BCUT2D eigenvalue weighted by Crippen LogP contribution is 2.21. The summed E-state index contributed by atoms with van der Waals surface area (Å²) in [7, 11) is 3.42. The number of quaternary nitrogens is 1. The van der Waals surface area contributed by atoms with Gasteiger partial charge in [0.25, 0.3) is 17.7 Å². The topological polar surface area (TPSA) is 80.2 Å². The van der Waals surface area contributed by atoms with Gasteiger partial charge in [0.2, 0.25) is 0 Å². The molecule has 140 valence electrons. The number of amides is 3. The first-order chi connectivity index (χ1) is 13.0. The minimum absolute atomic E-state index is 0.150. The number of imide groups is 1. The first-order valence-electron chi connectivity index (χ1n) is 8.70. The number of ether oxygens (including phenoxy) is 1. The number of hydrogen-bond acceptors (Lipinski definition) is 4. The lowest BCUT2D eigenvalue weighted by Gasteiger charge is -2.18. The lowest BCUT2D eigenvalue weighted by molar-refractivity contribution is -0.870. The van der Waals surface area contributed by atoms with E-state index < -0.39 is 0 Å². The van der Waals surface area contributed by atoms with Gasteiger partial charge in [-0.25, -0.2) is 0 Å². The summed E-state index contributed by atoms with van der Waals surface area (Å²) >= 11 is 0. The van der Waals surface area contributed by atoms with Gasteiger partial charge in [0.1, 0.15) is 5.75 Å². The van der Waals surface area contributed by atoms with Crippen LogP contribution in [-0.2, 0) is 4.79 Å². The number of anilines is 1. The van der Waals surface area contributed by atoms with Crippen molar-refractivity contribution in [3.05, 3.63) is 59.7 Å². The van der Waals surface area contributed by atoms with Gasteiger partial charge in [-0.3, -0.25) is 19.3 Å². The first-order valence-corrected chi connectivity index (χ1v) is 8.70. The van der Waals surface area contributed by atoms with Crippen molar-refractivity contribution in [2.75, 3.05) is 39.1 Å². The first kappa shape index (κ1) is 18.6. The van der Waals surface area contributed by atoms with E-state index in [1.807, 2.05) is 7.05 Å². The molecule has 0 saturated carbocycles. The minimum Gasteiger partial charge on any atom is -0.497 e. The molecule has 0 aliphatic carbocycles. The van der Waals surface area contributed by atoms with Crippen LogP contribution in [0.3, 0.4) is 0 Å². The second-order valence-corrected chi connectivity index (χ2v) is 6.47. The highest BCUT2D eigenvalue weighted by Gasteiger charge is 2.35. The molecule has 2 aromatic rings. The molecule has 1 aliphatic heterocycles. The highest BCUT2D eigenvalue weighted by molar-refractivity contribution is 6.21. The van der Waals surface area contributed by atoms with E-state index in [9.17, 15) is 14.4 Å². The zero-order valence-corrected chi connectivity index (χ0v) is 15.3. The number of benzene rings is 2. The molecule has 0 spiro atoms. The third-order valence-electron chi connectivity index (χ3n) is 4.46. The Labute approximate surface area is 157 Å². The number of carbonyl (C=O) groups excluding carboxylic acids is 3. The van der Waals surface area contributed by atoms with Gasteiger partial charge in [0, 0.05) is 11.8 Å². The maximum absolute atomic E-state index is 12.3. The fourth-order valence-corrected chi connectivity index (χ4v) is 3.01. The number of rotatable bonds is 7. The zero-order valence-electron chi connectivity index (χ0n) is 15.3. The summed E-state index contributed by atoms with van der Waals surface area (Å²) in [6, 6.07) is 13.9. The summed E-state index contributed by atoms with van der Waals surface area (Å²) in [6.45, 7) is 0.974. The summed E-state index contributed by atoms with van der Waals surface area (Å²) < 4.78 is 5.13. The van der Waals surface area contributed by atoms with Crippen LogP contribution in [0.2, 0.25) is 0 Å². The fourth-order valence-electron chi connectivity index (χ4n) is 3.01. The van der Waals surface area contributed by atoms with Gasteiger partial charge in [-0.05, 0) is 24.3 Å². The Morgan fingerprint density at radius 2 is 1.74 bits per heavy atom. The van der Waals surface area contributed by atoms with Gasteiger partial charge in [0.05, 0.1) is 38.4 Å². The molecule has 27 heavy (non-hydrogen) atoms. The van der Waals surface area contributed by atoms with Crippen LogP contribution in [0.25, 0.3) is 0 Å². The maximum atomic E-state index is 12.3. The van der Waals surface area contributed by atoms with E-state index in [0.29, 0.717) is 29.1 Å². The molecule has 3 amide bonds. The largest absolute Gasteiger partial charge is 0.497 e. The average molecular weight is 368 g/mol. The van der Waals surface area contributed by atoms with E-state index in [-0.39, 0.29) is 30.8 Å². The molecule has 1 aliphatic rings. The molecule has 0 aromatic heterocycles. The number of nitrogens with one attached hydrogen (secondary N) is 2. The summed E-state index contributed by atoms with van der Waals surface area (Å²) in [5.74, 6) is -0.0318. The Balaban J connectivity index is 1.51. The van der Waals surface area contributed by atoms with Crippen LogP contribution < -0.4 is 15.0 Å². The van der Waals surface area contributed by atoms with Gasteiger partial charge in [-0.1, -0.05) is 18.2 Å². The van der Waals surface area contributed by atoms with E-state index in [1.54, 1.807) is 55.6 Å². The van der Waals surface area contributed by atoms with Crippen molar-refractivity contribution >= 4 is 23.4 Å². The highest BCUT2D eigenvalue weighted by atomic mass is 16.5. The van der Waals surface area contributed by atoms with Crippen LogP contribution in [0.15, 0.2) is 48.5 Å². The van der Waals surface area contributed by atoms with Crippen molar-refractivity contribution in [1.82, 2.24) is 4.90 Å². The molecule has 0 saturated heterocycles. The molecule has 2 aromatic carbocycles. The molecule has 0 radical (unpaired) electrons. The maximum Gasteiger partial charge on any atom is 0.279 e. The van der Waals surface area contributed by atoms with Crippen molar-refractivity contribution in [3.63, 3.8) is 0 Å². The molecule has 7 heteroatoms. The summed E-state index contributed by atoms with van der Waals surface area (Å²) in [4.78, 5) is 39.0. The second-order valence-electron chi connectivity index (χ2n) is 6.47. The van der Waals surface area contributed by atoms with Gasteiger partial charge in [0.15, 0.2) is 6.54 Å². The standard InChI is InChI=1S/C20H21N3O4/c1-22(13-18(24)21-14-6-5-7-15(12-14)27-2)10-11-23-19(25)16-8-3-4-9-17(16)20(23)26/h3-9,12H,10-11,13H2,1-2H3,(H,21,24)/p+1. The number of likely N-dealkylation sites (N-methyl/N-ethyl adjacent to an activating group) is 1. The molecule has 3 rings (SSSR count). The van der Waals surface area contributed by atoms with E-state index in [4.69, 9.17) is 4.74 Å². The Bertz CT molecular complexity index is 846. The Kier molecular flexibility index (Phi) is 5.52. The molecule has 2 N–H and O–H groups in total. The third kappa shape index (κ3) is 4.15. The zero-order chi connectivity index (χ0) is 19.4. The molecule has 1 unspecified atom stereocenters. The van der Waals surface area contributed by atoms with Gasteiger partial charge in [-0.2, -0.15) is 0 Å². The van der Waals surface area contributed by atoms with Crippen LogP contribution >= 0.6 is 0 Å². The minimum atomic E-state index is -0.274. The van der Waals surface area contributed by atoms with Crippen molar-refractivity contribution in [2.45, 2.75) is 0 Å². The van der Waals surface area contributed by atoms with Crippen LogP contribution in [0.5, 0.6) is 5.75 Å². The van der Waals surface area contributed by atoms with Crippen molar-refractivity contribution in [2.24, 2.45) is 0 Å². The molecule has 0 fully saturated rings. The number of nitrogens with zero attached hydrogens (tertiary/aromatic N) is 1. The summed E-state index contributed by atoms with van der Waals surface area (Å²) in [5, 5.41) is 2.82. The smallest absolute Gasteiger partial charge is 0.279 e. The lowest BCUT2D eigenvalue weighted by Crippen LogP contribution is -3.10. The fraction of sp³-hybridized carbons (Fsp3) is 0.250. The SMILES string of the molecule is COc1cccc(NC(=O)C[NH+](C)CCN2C(=O)c3ccccc3C2=O)c1. The van der Waals surface area contributed by atoms with E-state index in [2.05, 4.69) is 5.32 Å². The number of methoxy groups -OCH3 is 1. The number of carbonyl (C=O) groups is 3. The normalized spacial score (nSPS) is 14.1. The van der Waals surface area contributed by atoms with Gasteiger partial charge >= 0.3 is 0 Å². The van der Waals surface area contributed by atoms with Crippen molar-refractivity contribution in [1.29, 1.82) is 0 Å². The molecule has 1 atom stereocenters. The van der Waals surface area contributed by atoms with Crippen LogP contribution in [0.1, 0.15) is 20.7 Å². The second kappa shape index (κ2) is 8.01. The van der Waals surface area contributed by atoms with Crippen LogP contribution in [0.4, 0.5) is 5.69 Å². The predicted octanol–water partition coefficient (Wildman–Crippen LogP) is 0.445. The average Bonchev–Trinajstić information content (AvgIpc) is 2.91. The van der Waals surface area contributed by atoms with Gasteiger partial charge in [-0.15, -0.1) is 0 Å². The predicted molar refractivity (Wildman–Crippen MR) is 100 cm³/mol. The quantitative estimate of drug-likeness (QED) is 0.696. The molecule has 1 heterocycles. The Morgan fingerprint density at radius 1 is 1.07 bits per heavy atom. The summed E-state index contributed by atoms with van der Waals surface area (Å²) in [5.41, 5.74) is 1.54. The Morgan fingerprint density at radius 3 is 2.37 bits per heavy atom. The monoisotopic (exact) mass is 368 g/mol. The molecular weight excluding hydrogens is 346 g/mol. The number of fused-ring (bicyclic) bond motifs is 1. The van der Waals surface area contributed by atoms with E-state index >= 15 is 0 Å². The van der Waals surface area contributed by atoms with Crippen molar-refractivity contribution in [3.8, 4) is 5.75 Å². The van der Waals surface area contributed by atoms with Gasteiger partial charge < -0.3 is 15.0 Å². The van der Waals surface area contributed by atoms with Crippen LogP contribution in [0, 0.1) is 0 Å². The van der Waals surface area contributed by atoms with Crippen molar-refractivity contribution < 1.29 is 24.0 Å². The summed E-state index contributed by atoms with van der Waals surface area (Å²) in [6.07, 6.45) is 0. The molecular formula is C20H22N3O4+. The van der Waals surface area contributed by atoms with E-state index in [0.717, 1.165) is 4.90 Å². The Hall–Kier alpha value is -3.19. The molecule has 0 bridgehead atoms. The lowest BCUT2D eigenvalue weighted by atomic mass is 10.1. The third-order valence-corrected chi connectivity index (χ3v) is 4.46. The number of hydrogen-bond donors (Lipinski definition) is 2. The van der Waals surface area contributed by atoms with E-state index in [1.165, 1.54) is 4.90 Å². The molecule has 7 nitrogen and oxygen atoms in total. The van der Waals surface area contributed by atoms with Crippen LogP contribution in [-0.4, -0.2) is 56.4 Å².